The predicted octanol–water partition coefficient (Wildman–Crippen LogP) is 3.48. The fraction of sp³-hybridized carbons (Fsp3) is 0.571. The molecule has 1 atom stereocenters. The molecule has 0 spiro atoms. The molecule has 1 aromatic carbocycles. The maximum absolute atomic E-state index is 14.1. The first-order chi connectivity index (χ1) is 7.94. The minimum absolute atomic E-state index is 0.0785. The zero-order chi connectivity index (χ0) is 12.9. The SMILES string of the molecule is CCOc1ccccc1C(F)CNC(C)(C)C. The van der Waals surface area contributed by atoms with Gasteiger partial charge in [0.15, 0.2) is 0 Å². The molecule has 0 aromatic heterocycles. The summed E-state index contributed by atoms with van der Waals surface area (Å²) < 4.78 is 19.5. The van der Waals surface area contributed by atoms with Crippen LogP contribution in [0.3, 0.4) is 0 Å². The number of ether oxygens (including phenoxy) is 1. The lowest BCUT2D eigenvalue weighted by Gasteiger charge is -2.22. The van der Waals surface area contributed by atoms with Gasteiger partial charge in [-0.3, -0.25) is 0 Å². The van der Waals surface area contributed by atoms with Gasteiger partial charge < -0.3 is 10.1 Å². The third kappa shape index (κ3) is 4.73. The quantitative estimate of drug-likeness (QED) is 0.849. The zero-order valence-electron chi connectivity index (χ0n) is 11.1. The van der Waals surface area contributed by atoms with Crippen LogP contribution in [0.15, 0.2) is 24.3 Å². The Morgan fingerprint density at radius 2 is 1.94 bits per heavy atom. The summed E-state index contributed by atoms with van der Waals surface area (Å²) in [6.45, 7) is 8.82. The highest BCUT2D eigenvalue weighted by Crippen LogP contribution is 2.27. The van der Waals surface area contributed by atoms with Crippen molar-refractivity contribution in [3.05, 3.63) is 29.8 Å². The Morgan fingerprint density at radius 3 is 2.53 bits per heavy atom. The van der Waals surface area contributed by atoms with Crippen LogP contribution in [0, 0.1) is 0 Å². The van der Waals surface area contributed by atoms with Crippen molar-refractivity contribution < 1.29 is 9.13 Å². The Kier molecular flexibility index (Phi) is 4.94. The third-order valence-corrected chi connectivity index (χ3v) is 2.37. The summed E-state index contributed by atoms with van der Waals surface area (Å²) in [5.41, 5.74) is 0.538. The molecule has 0 aliphatic rings. The van der Waals surface area contributed by atoms with Gasteiger partial charge in [0.2, 0.25) is 0 Å². The lowest BCUT2D eigenvalue weighted by atomic mass is 10.1. The number of hydrogen-bond acceptors (Lipinski definition) is 2. The molecule has 0 fully saturated rings. The average molecular weight is 239 g/mol. The highest BCUT2D eigenvalue weighted by atomic mass is 19.1. The molecule has 0 saturated carbocycles. The molecule has 0 radical (unpaired) electrons. The van der Waals surface area contributed by atoms with E-state index in [0.717, 1.165) is 0 Å². The summed E-state index contributed by atoms with van der Waals surface area (Å²) in [7, 11) is 0. The van der Waals surface area contributed by atoms with Gasteiger partial charge in [0, 0.05) is 17.6 Å². The summed E-state index contributed by atoms with van der Waals surface area (Å²) in [5.74, 6) is 0.637. The number of benzene rings is 1. The summed E-state index contributed by atoms with van der Waals surface area (Å²) in [6.07, 6.45) is -1.04. The lowest BCUT2D eigenvalue weighted by Crippen LogP contribution is -2.37. The minimum Gasteiger partial charge on any atom is -0.493 e. The Labute approximate surface area is 103 Å². The van der Waals surface area contributed by atoms with Crippen molar-refractivity contribution in [2.75, 3.05) is 13.2 Å². The maximum Gasteiger partial charge on any atom is 0.141 e. The number of halogens is 1. The van der Waals surface area contributed by atoms with E-state index in [1.54, 1.807) is 6.07 Å². The molecule has 0 bridgehead atoms. The first kappa shape index (κ1) is 14.0. The molecule has 0 heterocycles. The molecule has 0 amide bonds. The topological polar surface area (TPSA) is 21.3 Å². The highest BCUT2D eigenvalue weighted by molar-refractivity contribution is 5.35. The third-order valence-electron chi connectivity index (χ3n) is 2.37. The molecule has 1 aromatic rings. The number of hydrogen-bond donors (Lipinski definition) is 1. The van der Waals surface area contributed by atoms with Crippen molar-refractivity contribution in [1.29, 1.82) is 0 Å². The van der Waals surface area contributed by atoms with Crippen molar-refractivity contribution in [3.8, 4) is 5.75 Å². The normalized spacial score (nSPS) is 13.5. The molecule has 1 rings (SSSR count). The molecule has 0 aliphatic heterocycles. The summed E-state index contributed by atoms with van der Waals surface area (Å²) >= 11 is 0. The van der Waals surface area contributed by atoms with Crippen LogP contribution in [0.2, 0.25) is 0 Å². The van der Waals surface area contributed by atoms with Gasteiger partial charge in [-0.05, 0) is 33.8 Å². The van der Waals surface area contributed by atoms with Gasteiger partial charge >= 0.3 is 0 Å². The Morgan fingerprint density at radius 1 is 1.29 bits per heavy atom. The van der Waals surface area contributed by atoms with Crippen molar-refractivity contribution in [2.24, 2.45) is 0 Å². The van der Waals surface area contributed by atoms with Crippen LogP contribution in [0.5, 0.6) is 5.75 Å². The molecule has 0 aliphatic carbocycles. The van der Waals surface area contributed by atoms with E-state index in [2.05, 4.69) is 5.32 Å². The second-order valence-corrected chi connectivity index (χ2v) is 5.07. The van der Waals surface area contributed by atoms with Gasteiger partial charge in [0.1, 0.15) is 11.9 Å². The second kappa shape index (κ2) is 6.01. The molecular formula is C14H22FNO. The molecular weight excluding hydrogens is 217 g/mol. The van der Waals surface area contributed by atoms with Gasteiger partial charge in [-0.2, -0.15) is 0 Å². The largest absolute Gasteiger partial charge is 0.493 e. The first-order valence-electron chi connectivity index (χ1n) is 6.05. The maximum atomic E-state index is 14.1. The molecule has 1 unspecified atom stereocenters. The van der Waals surface area contributed by atoms with Gasteiger partial charge in [-0.15, -0.1) is 0 Å². The number of para-hydroxylation sites is 1. The number of rotatable bonds is 5. The van der Waals surface area contributed by atoms with E-state index in [0.29, 0.717) is 24.5 Å². The average Bonchev–Trinajstić information content (AvgIpc) is 2.26. The zero-order valence-corrected chi connectivity index (χ0v) is 11.1. The summed E-state index contributed by atoms with van der Waals surface area (Å²) in [6, 6.07) is 7.28. The van der Waals surface area contributed by atoms with Crippen LogP contribution >= 0.6 is 0 Å². The predicted molar refractivity (Wildman–Crippen MR) is 69.2 cm³/mol. The Balaban J connectivity index is 2.70. The molecule has 96 valence electrons. The van der Waals surface area contributed by atoms with E-state index in [-0.39, 0.29) is 5.54 Å². The molecule has 1 N–H and O–H groups in total. The summed E-state index contributed by atoms with van der Waals surface area (Å²) in [5, 5.41) is 3.16. The van der Waals surface area contributed by atoms with Crippen molar-refractivity contribution in [2.45, 2.75) is 39.4 Å². The van der Waals surface area contributed by atoms with Crippen LogP contribution in [0.25, 0.3) is 0 Å². The van der Waals surface area contributed by atoms with Gasteiger partial charge in [0.25, 0.3) is 0 Å². The van der Waals surface area contributed by atoms with E-state index in [4.69, 9.17) is 4.74 Å². The van der Waals surface area contributed by atoms with E-state index < -0.39 is 6.17 Å². The van der Waals surface area contributed by atoms with E-state index >= 15 is 0 Å². The number of alkyl halides is 1. The van der Waals surface area contributed by atoms with Gasteiger partial charge in [-0.1, -0.05) is 18.2 Å². The fourth-order valence-electron chi connectivity index (χ4n) is 1.53. The van der Waals surface area contributed by atoms with E-state index in [1.807, 2.05) is 45.9 Å². The van der Waals surface area contributed by atoms with Crippen molar-refractivity contribution in [3.63, 3.8) is 0 Å². The van der Waals surface area contributed by atoms with Crippen LogP contribution in [-0.2, 0) is 0 Å². The molecule has 2 nitrogen and oxygen atoms in total. The van der Waals surface area contributed by atoms with Crippen LogP contribution in [0.1, 0.15) is 39.4 Å². The van der Waals surface area contributed by atoms with Crippen molar-refractivity contribution in [1.82, 2.24) is 5.32 Å². The van der Waals surface area contributed by atoms with E-state index in [9.17, 15) is 4.39 Å². The number of nitrogens with one attached hydrogen (secondary N) is 1. The Bertz CT molecular complexity index is 346. The highest BCUT2D eigenvalue weighted by Gasteiger charge is 2.17. The first-order valence-corrected chi connectivity index (χ1v) is 6.05. The second-order valence-electron chi connectivity index (χ2n) is 5.07. The van der Waals surface area contributed by atoms with Crippen LogP contribution in [0.4, 0.5) is 4.39 Å². The monoisotopic (exact) mass is 239 g/mol. The Hall–Kier alpha value is -1.09. The van der Waals surface area contributed by atoms with Crippen molar-refractivity contribution >= 4 is 0 Å². The molecule has 3 heteroatoms. The van der Waals surface area contributed by atoms with E-state index in [1.165, 1.54) is 0 Å². The smallest absolute Gasteiger partial charge is 0.141 e. The standard InChI is InChI=1S/C14H22FNO/c1-5-17-13-9-7-6-8-11(13)12(15)10-16-14(2,3)4/h6-9,12,16H,5,10H2,1-4H3. The minimum atomic E-state index is -1.04. The van der Waals surface area contributed by atoms with Gasteiger partial charge in [0.05, 0.1) is 6.61 Å². The molecule has 17 heavy (non-hydrogen) atoms. The molecule has 0 saturated heterocycles. The summed E-state index contributed by atoms with van der Waals surface area (Å²) in [4.78, 5) is 0. The lowest BCUT2D eigenvalue weighted by molar-refractivity contribution is 0.274. The fourth-order valence-corrected chi connectivity index (χ4v) is 1.53. The van der Waals surface area contributed by atoms with Crippen LogP contribution < -0.4 is 10.1 Å². The van der Waals surface area contributed by atoms with Gasteiger partial charge in [-0.25, -0.2) is 4.39 Å². The van der Waals surface area contributed by atoms with Crippen LogP contribution in [-0.4, -0.2) is 18.7 Å².